The average molecular weight is 344 g/mol. The lowest BCUT2D eigenvalue weighted by Gasteiger charge is -2.29. The van der Waals surface area contributed by atoms with Gasteiger partial charge in [0.05, 0.1) is 30.0 Å². The minimum Gasteiger partial charge on any atom is -0.378 e. The zero-order valence-corrected chi connectivity index (χ0v) is 14.2. The number of benzene rings is 1. The number of rotatable bonds is 5. The van der Waals surface area contributed by atoms with E-state index < -0.39 is 0 Å². The van der Waals surface area contributed by atoms with Gasteiger partial charge in [0.2, 0.25) is 5.91 Å². The third kappa shape index (κ3) is 3.62. The van der Waals surface area contributed by atoms with Gasteiger partial charge in [-0.15, -0.1) is 0 Å². The van der Waals surface area contributed by atoms with E-state index in [4.69, 9.17) is 14.7 Å². The van der Waals surface area contributed by atoms with Crippen molar-refractivity contribution < 1.29 is 9.53 Å². The Bertz CT molecular complexity index is 744. The van der Waals surface area contributed by atoms with Crippen LogP contribution in [0.3, 0.4) is 0 Å². The van der Waals surface area contributed by atoms with Crippen molar-refractivity contribution in [1.29, 1.82) is 0 Å². The number of thioether (sulfide) groups is 1. The van der Waals surface area contributed by atoms with Crippen molar-refractivity contribution in [1.82, 2.24) is 15.3 Å². The van der Waals surface area contributed by atoms with E-state index in [2.05, 4.69) is 10.2 Å². The summed E-state index contributed by atoms with van der Waals surface area (Å²) in [6, 6.07) is 8.25. The molecule has 1 aromatic carbocycles. The Kier molecular flexibility index (Phi) is 4.53. The molecule has 4 rings (SSSR count). The third-order valence-corrected chi connectivity index (χ3v) is 5.07. The fourth-order valence-electron chi connectivity index (χ4n) is 2.68. The summed E-state index contributed by atoms with van der Waals surface area (Å²) in [5, 5.41) is 3.84. The fraction of sp³-hybridized carbons (Fsp3) is 0.471. The number of hydrogen-bond donors (Lipinski definition) is 1. The first-order chi connectivity index (χ1) is 11.8. The predicted octanol–water partition coefficient (Wildman–Crippen LogP) is 1.84. The lowest BCUT2D eigenvalue weighted by molar-refractivity contribution is -0.118. The lowest BCUT2D eigenvalue weighted by Crippen LogP contribution is -2.37. The van der Waals surface area contributed by atoms with E-state index in [9.17, 15) is 4.79 Å². The van der Waals surface area contributed by atoms with Crippen LogP contribution in [0.25, 0.3) is 11.0 Å². The fourth-order valence-corrected chi connectivity index (χ4v) is 3.50. The largest absolute Gasteiger partial charge is 0.378 e. The summed E-state index contributed by atoms with van der Waals surface area (Å²) in [5.74, 6) is 1.31. The molecule has 0 radical (unpaired) electrons. The number of anilines is 1. The van der Waals surface area contributed by atoms with Crippen molar-refractivity contribution >= 4 is 34.5 Å². The van der Waals surface area contributed by atoms with Gasteiger partial charge in [0.25, 0.3) is 0 Å². The first-order valence-corrected chi connectivity index (χ1v) is 9.30. The molecule has 2 aliphatic rings. The van der Waals surface area contributed by atoms with E-state index in [1.807, 2.05) is 24.3 Å². The van der Waals surface area contributed by atoms with Gasteiger partial charge in [0.15, 0.2) is 5.82 Å². The molecule has 0 atom stereocenters. The molecule has 6 nitrogen and oxygen atoms in total. The van der Waals surface area contributed by atoms with Crippen LogP contribution in [0.2, 0.25) is 0 Å². The number of carbonyl (C=O) groups is 1. The molecular weight excluding hydrogens is 324 g/mol. The van der Waals surface area contributed by atoms with Crippen LogP contribution in [0.1, 0.15) is 12.8 Å². The second kappa shape index (κ2) is 6.94. The van der Waals surface area contributed by atoms with E-state index in [0.29, 0.717) is 25.0 Å². The molecule has 1 aliphatic carbocycles. The SMILES string of the molecule is O=C(CSc1nc2ccccc2nc1N1CCOCC1)NC1CC1. The van der Waals surface area contributed by atoms with Gasteiger partial charge in [-0.3, -0.25) is 4.79 Å². The summed E-state index contributed by atoms with van der Waals surface area (Å²) in [7, 11) is 0. The smallest absolute Gasteiger partial charge is 0.230 e. The van der Waals surface area contributed by atoms with Gasteiger partial charge in [-0.05, 0) is 25.0 Å². The zero-order valence-electron chi connectivity index (χ0n) is 13.4. The minimum atomic E-state index is 0.0744. The normalized spacial score (nSPS) is 17.9. The molecule has 1 N–H and O–H groups in total. The Balaban J connectivity index is 1.58. The molecule has 0 unspecified atom stereocenters. The van der Waals surface area contributed by atoms with Gasteiger partial charge < -0.3 is 15.0 Å². The van der Waals surface area contributed by atoms with Crippen molar-refractivity contribution in [2.45, 2.75) is 23.9 Å². The Morgan fingerprint density at radius 2 is 1.92 bits per heavy atom. The molecule has 2 fully saturated rings. The van der Waals surface area contributed by atoms with Crippen LogP contribution in [0, 0.1) is 0 Å². The second-order valence-electron chi connectivity index (χ2n) is 6.07. The number of amides is 1. The minimum absolute atomic E-state index is 0.0744. The quantitative estimate of drug-likeness (QED) is 0.835. The van der Waals surface area contributed by atoms with Crippen LogP contribution in [0.15, 0.2) is 29.3 Å². The van der Waals surface area contributed by atoms with E-state index in [1.165, 1.54) is 11.8 Å². The number of carbonyl (C=O) groups excluding carboxylic acids is 1. The summed E-state index contributed by atoms with van der Waals surface area (Å²) in [6.45, 7) is 2.99. The summed E-state index contributed by atoms with van der Waals surface area (Å²) in [4.78, 5) is 23.8. The summed E-state index contributed by atoms with van der Waals surface area (Å²) in [5.41, 5.74) is 1.74. The molecule has 24 heavy (non-hydrogen) atoms. The summed E-state index contributed by atoms with van der Waals surface area (Å²) >= 11 is 1.47. The van der Waals surface area contributed by atoms with Crippen molar-refractivity contribution in [2.24, 2.45) is 0 Å². The highest BCUT2D eigenvalue weighted by Gasteiger charge is 2.24. The molecule has 126 valence electrons. The molecule has 0 bridgehead atoms. The Hall–Kier alpha value is -1.86. The van der Waals surface area contributed by atoms with Crippen molar-refractivity contribution in [3.05, 3.63) is 24.3 Å². The van der Waals surface area contributed by atoms with Gasteiger partial charge in [-0.2, -0.15) is 0 Å². The number of morpholine rings is 1. The molecule has 1 aromatic heterocycles. The van der Waals surface area contributed by atoms with Crippen LogP contribution in [0.5, 0.6) is 0 Å². The maximum atomic E-state index is 12.0. The summed E-state index contributed by atoms with van der Waals surface area (Å²) in [6.07, 6.45) is 2.20. The third-order valence-electron chi connectivity index (χ3n) is 4.11. The maximum Gasteiger partial charge on any atom is 0.230 e. The number of para-hydroxylation sites is 2. The molecular formula is C17H20N4O2S. The Morgan fingerprint density at radius 3 is 2.62 bits per heavy atom. The van der Waals surface area contributed by atoms with Gasteiger partial charge >= 0.3 is 0 Å². The molecule has 1 saturated carbocycles. The van der Waals surface area contributed by atoms with Crippen molar-refractivity contribution in [3.8, 4) is 0 Å². The standard InChI is InChI=1S/C17H20N4O2S/c22-15(18-12-5-6-12)11-24-17-16(21-7-9-23-10-8-21)19-13-3-1-2-4-14(13)20-17/h1-4,12H,5-11H2,(H,18,22). The van der Waals surface area contributed by atoms with Crippen molar-refractivity contribution in [3.63, 3.8) is 0 Å². The van der Waals surface area contributed by atoms with Crippen molar-refractivity contribution in [2.75, 3.05) is 37.0 Å². The highest BCUT2D eigenvalue weighted by molar-refractivity contribution is 8.00. The monoisotopic (exact) mass is 344 g/mol. The van der Waals surface area contributed by atoms with Crippen LogP contribution in [-0.4, -0.2) is 54.0 Å². The number of nitrogens with one attached hydrogen (secondary N) is 1. The second-order valence-corrected chi connectivity index (χ2v) is 7.04. The molecule has 1 amide bonds. The van der Waals surface area contributed by atoms with Gasteiger partial charge in [-0.25, -0.2) is 9.97 Å². The first-order valence-electron chi connectivity index (χ1n) is 8.31. The number of ether oxygens (including phenoxy) is 1. The highest BCUT2D eigenvalue weighted by atomic mass is 32.2. The molecule has 0 spiro atoms. The molecule has 1 aliphatic heterocycles. The Labute approximate surface area is 145 Å². The van der Waals surface area contributed by atoms with Crippen LogP contribution in [-0.2, 0) is 9.53 Å². The number of fused-ring (bicyclic) bond motifs is 1. The van der Waals surface area contributed by atoms with E-state index in [1.54, 1.807) is 0 Å². The van der Waals surface area contributed by atoms with Gasteiger partial charge in [-0.1, -0.05) is 23.9 Å². The van der Waals surface area contributed by atoms with Crippen LogP contribution < -0.4 is 10.2 Å². The predicted molar refractivity (Wildman–Crippen MR) is 94.5 cm³/mol. The molecule has 2 aromatic rings. The Morgan fingerprint density at radius 1 is 1.21 bits per heavy atom. The molecule has 7 heteroatoms. The molecule has 1 saturated heterocycles. The lowest BCUT2D eigenvalue weighted by atomic mass is 10.3. The first kappa shape index (κ1) is 15.7. The zero-order chi connectivity index (χ0) is 16.4. The number of aromatic nitrogens is 2. The van der Waals surface area contributed by atoms with E-state index in [0.717, 1.165) is 47.8 Å². The maximum absolute atomic E-state index is 12.0. The molecule has 2 heterocycles. The number of hydrogen-bond acceptors (Lipinski definition) is 6. The average Bonchev–Trinajstić information content (AvgIpc) is 3.44. The van der Waals surface area contributed by atoms with Gasteiger partial charge in [0.1, 0.15) is 5.03 Å². The van der Waals surface area contributed by atoms with Gasteiger partial charge in [0, 0.05) is 19.1 Å². The van der Waals surface area contributed by atoms with Crippen LogP contribution in [0.4, 0.5) is 5.82 Å². The van der Waals surface area contributed by atoms with E-state index >= 15 is 0 Å². The van der Waals surface area contributed by atoms with Crippen LogP contribution >= 0.6 is 11.8 Å². The topological polar surface area (TPSA) is 67.4 Å². The number of nitrogens with zero attached hydrogens (tertiary/aromatic N) is 3. The van der Waals surface area contributed by atoms with E-state index in [-0.39, 0.29) is 5.91 Å². The summed E-state index contributed by atoms with van der Waals surface area (Å²) < 4.78 is 5.44. The highest BCUT2D eigenvalue weighted by Crippen LogP contribution is 2.29.